The van der Waals surface area contributed by atoms with Crippen LogP contribution in [0, 0.1) is 0 Å². The first-order valence-electron chi connectivity index (χ1n) is 9.39. The van der Waals surface area contributed by atoms with E-state index in [-0.39, 0.29) is 22.8 Å². The zero-order chi connectivity index (χ0) is 19.1. The van der Waals surface area contributed by atoms with Crippen LogP contribution in [-0.2, 0) is 9.53 Å². The van der Waals surface area contributed by atoms with Gasteiger partial charge in [-0.15, -0.1) is 11.8 Å². The summed E-state index contributed by atoms with van der Waals surface area (Å²) in [5, 5.41) is 6.74. The Balaban J connectivity index is 1.63. The number of pyridine rings is 1. The quantitative estimate of drug-likeness (QED) is 0.695. The number of amides is 1. The molecule has 2 aliphatic rings. The van der Waals surface area contributed by atoms with Gasteiger partial charge in [0.25, 0.3) is 5.56 Å². The fraction of sp³-hybridized carbons (Fsp3) is 0.350. The molecule has 0 saturated carbocycles. The molecular weight excluding hydrogens is 376 g/mol. The van der Waals surface area contributed by atoms with Gasteiger partial charge in [-0.1, -0.05) is 12.1 Å². The summed E-state index contributed by atoms with van der Waals surface area (Å²) in [5.41, 5.74) is 2.38. The lowest BCUT2D eigenvalue weighted by Crippen LogP contribution is -2.24. The minimum Gasteiger partial charge on any atom is -0.381 e. The number of benzene rings is 1. The first-order chi connectivity index (χ1) is 13.7. The fourth-order valence-electron chi connectivity index (χ4n) is 3.98. The van der Waals surface area contributed by atoms with Crippen molar-refractivity contribution in [2.24, 2.45) is 0 Å². The second-order valence-electron chi connectivity index (χ2n) is 7.11. The molecule has 2 aliphatic heterocycles. The molecule has 3 aromatic rings. The second-order valence-corrected chi connectivity index (χ2v) is 8.20. The van der Waals surface area contributed by atoms with Crippen molar-refractivity contribution in [1.82, 2.24) is 14.8 Å². The fourth-order valence-corrected chi connectivity index (χ4v) is 5.10. The summed E-state index contributed by atoms with van der Waals surface area (Å²) < 4.78 is 7.29. The maximum atomic E-state index is 12.9. The molecule has 7 nitrogen and oxygen atoms in total. The van der Waals surface area contributed by atoms with Crippen LogP contribution in [0.1, 0.15) is 35.3 Å². The number of aromatic nitrogens is 3. The van der Waals surface area contributed by atoms with E-state index in [0.29, 0.717) is 30.3 Å². The Bertz CT molecular complexity index is 1100. The SMILES string of the molecule is O=C1CSC(c2ccc3ncccc3c2)c2c(n(C3CCOCC3)[nH]c2=O)N1. The monoisotopic (exact) mass is 396 g/mol. The van der Waals surface area contributed by atoms with Crippen molar-refractivity contribution in [3.8, 4) is 0 Å². The van der Waals surface area contributed by atoms with E-state index in [1.54, 1.807) is 6.20 Å². The standard InChI is InChI=1S/C20H20N4O3S/c25-16-11-28-18(13-3-4-15-12(10-13)2-1-7-21-15)17-19(22-16)24(23-20(17)26)14-5-8-27-9-6-14/h1-4,7,10,14,18H,5-6,8-9,11H2,(H,22,25)(H,23,26). The third kappa shape index (κ3) is 3.02. The second kappa shape index (κ2) is 7.10. The van der Waals surface area contributed by atoms with E-state index in [9.17, 15) is 9.59 Å². The van der Waals surface area contributed by atoms with Crippen LogP contribution in [0.2, 0.25) is 0 Å². The third-order valence-corrected chi connectivity index (χ3v) is 6.62. The summed E-state index contributed by atoms with van der Waals surface area (Å²) in [7, 11) is 0. The van der Waals surface area contributed by atoms with Crippen LogP contribution in [0.4, 0.5) is 5.82 Å². The molecule has 144 valence electrons. The van der Waals surface area contributed by atoms with E-state index in [2.05, 4.69) is 21.5 Å². The first-order valence-corrected chi connectivity index (χ1v) is 10.4. The zero-order valence-electron chi connectivity index (χ0n) is 15.2. The molecule has 1 saturated heterocycles. The van der Waals surface area contributed by atoms with Crippen LogP contribution in [0.3, 0.4) is 0 Å². The van der Waals surface area contributed by atoms with Crippen molar-refractivity contribution in [3.63, 3.8) is 0 Å². The lowest BCUT2D eigenvalue weighted by Gasteiger charge is -2.25. The molecule has 4 heterocycles. The lowest BCUT2D eigenvalue weighted by atomic mass is 10.0. The molecule has 1 fully saturated rings. The third-order valence-electron chi connectivity index (χ3n) is 5.35. The number of aromatic amines is 1. The molecule has 1 unspecified atom stereocenters. The maximum Gasteiger partial charge on any atom is 0.270 e. The molecule has 28 heavy (non-hydrogen) atoms. The summed E-state index contributed by atoms with van der Waals surface area (Å²) in [5.74, 6) is 0.816. The highest BCUT2D eigenvalue weighted by atomic mass is 32.2. The van der Waals surface area contributed by atoms with Gasteiger partial charge in [0.05, 0.1) is 28.1 Å². The number of H-pyrrole nitrogens is 1. The average Bonchev–Trinajstić information content (AvgIpc) is 2.93. The molecule has 0 aliphatic carbocycles. The molecule has 2 N–H and O–H groups in total. The summed E-state index contributed by atoms with van der Waals surface area (Å²) in [6.07, 6.45) is 3.39. The lowest BCUT2D eigenvalue weighted by molar-refractivity contribution is -0.113. The van der Waals surface area contributed by atoms with Gasteiger partial charge in [-0.05, 0) is 36.6 Å². The van der Waals surface area contributed by atoms with Gasteiger partial charge in [-0.2, -0.15) is 0 Å². The van der Waals surface area contributed by atoms with E-state index < -0.39 is 0 Å². The molecule has 1 atom stereocenters. The van der Waals surface area contributed by atoms with Crippen molar-refractivity contribution in [2.75, 3.05) is 24.3 Å². The average molecular weight is 396 g/mol. The largest absolute Gasteiger partial charge is 0.381 e. The van der Waals surface area contributed by atoms with Crippen molar-refractivity contribution in [3.05, 3.63) is 58.0 Å². The van der Waals surface area contributed by atoms with Crippen molar-refractivity contribution in [2.45, 2.75) is 24.1 Å². The Hall–Kier alpha value is -2.58. The van der Waals surface area contributed by atoms with Gasteiger partial charge in [-0.3, -0.25) is 24.4 Å². The van der Waals surface area contributed by atoms with Gasteiger partial charge < -0.3 is 10.1 Å². The number of nitrogens with zero attached hydrogens (tertiary/aromatic N) is 2. The van der Waals surface area contributed by atoms with Gasteiger partial charge >= 0.3 is 0 Å². The van der Waals surface area contributed by atoms with Gasteiger partial charge in [0.15, 0.2) is 0 Å². The Morgan fingerprint density at radius 2 is 2.04 bits per heavy atom. The van der Waals surface area contributed by atoms with Gasteiger partial charge in [0, 0.05) is 24.8 Å². The molecule has 1 aromatic carbocycles. The predicted molar refractivity (Wildman–Crippen MR) is 109 cm³/mol. The smallest absolute Gasteiger partial charge is 0.270 e. The Labute approximate surface area is 165 Å². The summed E-state index contributed by atoms with van der Waals surface area (Å²) in [6, 6.07) is 10.1. The number of rotatable bonds is 2. The molecule has 8 heteroatoms. The molecule has 0 bridgehead atoms. The number of carbonyl (C=O) groups excluding carboxylic acids is 1. The van der Waals surface area contributed by atoms with E-state index in [1.165, 1.54) is 11.8 Å². The normalized spacial score (nSPS) is 20.6. The molecule has 2 aromatic heterocycles. The van der Waals surface area contributed by atoms with Crippen molar-refractivity contribution >= 4 is 34.4 Å². The summed E-state index contributed by atoms with van der Waals surface area (Å²) >= 11 is 1.48. The van der Waals surface area contributed by atoms with Crippen LogP contribution in [-0.4, -0.2) is 39.6 Å². The number of hydrogen-bond donors (Lipinski definition) is 2. The zero-order valence-corrected chi connectivity index (χ0v) is 16.0. The number of hydrogen-bond acceptors (Lipinski definition) is 5. The van der Waals surface area contributed by atoms with Gasteiger partial charge in [0.1, 0.15) is 5.82 Å². The Morgan fingerprint density at radius 1 is 1.18 bits per heavy atom. The first kappa shape index (κ1) is 17.5. The highest BCUT2D eigenvalue weighted by molar-refractivity contribution is 8.00. The number of thioether (sulfide) groups is 1. The minimum absolute atomic E-state index is 0.0870. The van der Waals surface area contributed by atoms with Gasteiger partial charge in [0.2, 0.25) is 5.91 Å². The minimum atomic E-state index is -0.219. The highest BCUT2D eigenvalue weighted by Gasteiger charge is 2.32. The topological polar surface area (TPSA) is 89.0 Å². The maximum absolute atomic E-state index is 12.9. The van der Waals surface area contributed by atoms with Crippen LogP contribution in [0.25, 0.3) is 10.9 Å². The van der Waals surface area contributed by atoms with E-state index in [0.717, 1.165) is 29.3 Å². The summed E-state index contributed by atoms with van der Waals surface area (Å²) in [6.45, 7) is 1.31. The molecule has 0 spiro atoms. The highest BCUT2D eigenvalue weighted by Crippen LogP contribution is 2.41. The van der Waals surface area contributed by atoms with Crippen LogP contribution >= 0.6 is 11.8 Å². The molecular formula is C20H20N4O3S. The van der Waals surface area contributed by atoms with Crippen molar-refractivity contribution < 1.29 is 9.53 Å². The van der Waals surface area contributed by atoms with Crippen LogP contribution < -0.4 is 10.9 Å². The van der Waals surface area contributed by atoms with E-state index >= 15 is 0 Å². The van der Waals surface area contributed by atoms with Crippen LogP contribution in [0.5, 0.6) is 0 Å². The Kier molecular flexibility index (Phi) is 4.44. The van der Waals surface area contributed by atoms with E-state index in [4.69, 9.17) is 4.74 Å². The van der Waals surface area contributed by atoms with Gasteiger partial charge in [-0.25, -0.2) is 0 Å². The summed E-state index contributed by atoms with van der Waals surface area (Å²) in [4.78, 5) is 29.7. The number of fused-ring (bicyclic) bond motifs is 2. The van der Waals surface area contributed by atoms with Crippen molar-refractivity contribution in [1.29, 1.82) is 0 Å². The predicted octanol–water partition coefficient (Wildman–Crippen LogP) is 2.85. The number of nitrogens with one attached hydrogen (secondary N) is 2. The van der Waals surface area contributed by atoms with Crippen LogP contribution in [0.15, 0.2) is 41.3 Å². The number of carbonyl (C=O) groups is 1. The molecule has 1 amide bonds. The number of anilines is 1. The molecule has 0 radical (unpaired) electrons. The van der Waals surface area contributed by atoms with E-state index in [1.807, 2.05) is 28.9 Å². The number of ether oxygens (including phenoxy) is 1. The Morgan fingerprint density at radius 3 is 2.89 bits per heavy atom. The molecule has 5 rings (SSSR count).